The van der Waals surface area contributed by atoms with Gasteiger partial charge in [-0.15, -0.1) is 0 Å². The van der Waals surface area contributed by atoms with Crippen molar-refractivity contribution in [3.63, 3.8) is 0 Å². The van der Waals surface area contributed by atoms with Gasteiger partial charge in [0.2, 0.25) is 0 Å². The normalized spacial score (nSPS) is 10.3. The largest absolute Gasteiger partial charge is 0.384 e. The number of nitrogens with one attached hydrogen (secondary N) is 1. The van der Waals surface area contributed by atoms with Crippen molar-refractivity contribution >= 4 is 23.3 Å². The number of nitrogens with two attached hydrogens (primary N) is 1. The van der Waals surface area contributed by atoms with Gasteiger partial charge in [-0.25, -0.2) is 4.98 Å². The van der Waals surface area contributed by atoms with Crippen LogP contribution in [0.3, 0.4) is 0 Å². The second-order valence-electron chi connectivity index (χ2n) is 4.56. The maximum absolute atomic E-state index is 12.0. The fourth-order valence-electron chi connectivity index (χ4n) is 1.89. The average molecular weight is 290 g/mol. The molecule has 0 spiro atoms. The van der Waals surface area contributed by atoms with Crippen LogP contribution >= 0.6 is 11.6 Å². The van der Waals surface area contributed by atoms with Crippen molar-refractivity contribution in [2.75, 3.05) is 12.3 Å². The number of benzene rings is 1. The van der Waals surface area contributed by atoms with Gasteiger partial charge in [0.15, 0.2) is 0 Å². The third kappa shape index (κ3) is 3.71. The molecule has 0 saturated carbocycles. The first-order chi connectivity index (χ1) is 9.56. The molecule has 0 fully saturated rings. The highest BCUT2D eigenvalue weighted by Gasteiger charge is 2.11. The summed E-state index contributed by atoms with van der Waals surface area (Å²) in [5.41, 5.74) is 8.10. The summed E-state index contributed by atoms with van der Waals surface area (Å²) in [4.78, 5) is 15.9. The summed E-state index contributed by atoms with van der Waals surface area (Å²) >= 11 is 5.93. The van der Waals surface area contributed by atoms with Crippen LogP contribution < -0.4 is 11.1 Å². The molecule has 1 aromatic heterocycles. The van der Waals surface area contributed by atoms with Crippen LogP contribution in [-0.4, -0.2) is 17.4 Å². The average Bonchev–Trinajstić information content (AvgIpc) is 2.41. The molecule has 2 aromatic rings. The van der Waals surface area contributed by atoms with Gasteiger partial charge in [-0.2, -0.15) is 0 Å². The van der Waals surface area contributed by atoms with Crippen LogP contribution in [0.5, 0.6) is 0 Å². The molecule has 0 saturated heterocycles. The first-order valence-electron chi connectivity index (χ1n) is 6.32. The van der Waals surface area contributed by atoms with Crippen molar-refractivity contribution < 1.29 is 4.79 Å². The second-order valence-corrected chi connectivity index (χ2v) is 4.97. The van der Waals surface area contributed by atoms with E-state index in [2.05, 4.69) is 16.4 Å². The summed E-state index contributed by atoms with van der Waals surface area (Å²) in [6, 6.07) is 11.3. The van der Waals surface area contributed by atoms with E-state index < -0.39 is 0 Å². The summed E-state index contributed by atoms with van der Waals surface area (Å²) in [5, 5.41) is 3.09. The Morgan fingerprint density at radius 2 is 2.15 bits per heavy atom. The minimum Gasteiger partial charge on any atom is -0.384 e. The number of pyridine rings is 1. The Kier molecular flexibility index (Phi) is 4.58. The van der Waals surface area contributed by atoms with Crippen LogP contribution in [0.25, 0.3) is 0 Å². The Morgan fingerprint density at radius 3 is 2.90 bits per heavy atom. The number of nitrogens with zero attached hydrogens (tertiary/aromatic N) is 1. The van der Waals surface area contributed by atoms with Crippen LogP contribution in [0, 0.1) is 6.92 Å². The molecule has 0 radical (unpaired) electrons. The molecule has 1 amide bonds. The summed E-state index contributed by atoms with van der Waals surface area (Å²) < 4.78 is 0. The summed E-state index contributed by atoms with van der Waals surface area (Å²) in [7, 11) is 0. The number of anilines is 1. The van der Waals surface area contributed by atoms with Crippen molar-refractivity contribution in [1.82, 2.24) is 10.3 Å². The van der Waals surface area contributed by atoms with Crippen LogP contribution in [0.1, 0.15) is 21.6 Å². The van der Waals surface area contributed by atoms with Crippen LogP contribution in [0.4, 0.5) is 5.82 Å². The minimum absolute atomic E-state index is 0.163. The first kappa shape index (κ1) is 14.3. The van der Waals surface area contributed by atoms with E-state index in [9.17, 15) is 4.79 Å². The smallest absolute Gasteiger partial charge is 0.271 e. The molecule has 2 rings (SSSR count). The number of rotatable bonds is 4. The number of amides is 1. The summed E-state index contributed by atoms with van der Waals surface area (Å²) in [6.45, 7) is 2.56. The third-order valence-corrected chi connectivity index (χ3v) is 3.17. The van der Waals surface area contributed by atoms with E-state index in [1.165, 1.54) is 11.1 Å². The first-order valence-corrected chi connectivity index (χ1v) is 6.70. The van der Waals surface area contributed by atoms with Crippen molar-refractivity contribution in [3.05, 3.63) is 58.2 Å². The molecule has 104 valence electrons. The zero-order chi connectivity index (χ0) is 14.5. The highest BCUT2D eigenvalue weighted by molar-refractivity contribution is 6.33. The van der Waals surface area contributed by atoms with Gasteiger partial charge in [0.25, 0.3) is 5.91 Å². The fourth-order valence-corrected chi connectivity index (χ4v) is 2.08. The van der Waals surface area contributed by atoms with Gasteiger partial charge in [-0.3, -0.25) is 4.79 Å². The third-order valence-electron chi connectivity index (χ3n) is 2.86. The number of aromatic nitrogens is 1. The van der Waals surface area contributed by atoms with E-state index in [1.807, 2.05) is 25.1 Å². The van der Waals surface area contributed by atoms with Gasteiger partial charge in [0, 0.05) is 6.54 Å². The number of nitrogen functional groups attached to an aromatic ring is 1. The highest BCUT2D eigenvalue weighted by atomic mass is 35.5. The Bertz CT molecular complexity index is 628. The van der Waals surface area contributed by atoms with Gasteiger partial charge in [-0.1, -0.05) is 41.4 Å². The van der Waals surface area contributed by atoms with E-state index in [0.29, 0.717) is 11.6 Å². The van der Waals surface area contributed by atoms with Gasteiger partial charge in [0.05, 0.1) is 5.02 Å². The molecule has 0 aliphatic carbocycles. The summed E-state index contributed by atoms with van der Waals surface area (Å²) in [5.74, 6) is -0.0341. The topological polar surface area (TPSA) is 68.0 Å². The minimum atomic E-state index is -0.310. The second kappa shape index (κ2) is 6.39. The predicted octanol–water partition coefficient (Wildman–Crippen LogP) is 2.60. The molecule has 1 heterocycles. The number of carbonyl (C=O) groups excluding carboxylic acids is 1. The molecule has 0 aliphatic heterocycles. The highest BCUT2D eigenvalue weighted by Crippen LogP contribution is 2.15. The molecule has 0 aliphatic rings. The Balaban J connectivity index is 1.94. The molecule has 5 heteroatoms. The van der Waals surface area contributed by atoms with Gasteiger partial charge in [0.1, 0.15) is 11.5 Å². The molecule has 0 atom stereocenters. The van der Waals surface area contributed by atoms with Crippen molar-refractivity contribution in [2.45, 2.75) is 13.3 Å². The van der Waals surface area contributed by atoms with E-state index >= 15 is 0 Å². The van der Waals surface area contributed by atoms with Gasteiger partial charge in [-0.05, 0) is 31.0 Å². The van der Waals surface area contributed by atoms with E-state index in [1.54, 1.807) is 12.1 Å². The quantitative estimate of drug-likeness (QED) is 0.909. The molecule has 4 nitrogen and oxygen atoms in total. The number of hydrogen-bond donors (Lipinski definition) is 2. The molecular weight excluding hydrogens is 274 g/mol. The van der Waals surface area contributed by atoms with Crippen LogP contribution in [0.2, 0.25) is 5.02 Å². The van der Waals surface area contributed by atoms with Gasteiger partial charge < -0.3 is 11.1 Å². The van der Waals surface area contributed by atoms with Crippen molar-refractivity contribution in [3.8, 4) is 0 Å². The number of hydrogen-bond acceptors (Lipinski definition) is 3. The number of carbonyl (C=O) groups is 1. The monoisotopic (exact) mass is 289 g/mol. The van der Waals surface area contributed by atoms with Crippen LogP contribution in [0.15, 0.2) is 36.4 Å². The molecule has 1 aromatic carbocycles. The van der Waals surface area contributed by atoms with Crippen molar-refractivity contribution in [2.24, 2.45) is 0 Å². The number of halogens is 1. The zero-order valence-electron chi connectivity index (χ0n) is 11.2. The SMILES string of the molecule is Cc1cccc(CCNC(=O)c2nc(N)ccc2Cl)c1. The lowest BCUT2D eigenvalue weighted by atomic mass is 10.1. The zero-order valence-corrected chi connectivity index (χ0v) is 11.9. The fraction of sp³-hybridized carbons (Fsp3) is 0.200. The summed E-state index contributed by atoms with van der Waals surface area (Å²) in [6.07, 6.45) is 0.757. The lowest BCUT2D eigenvalue weighted by molar-refractivity contribution is 0.0949. The Hall–Kier alpha value is -2.07. The Morgan fingerprint density at radius 1 is 1.35 bits per heavy atom. The van der Waals surface area contributed by atoms with Gasteiger partial charge >= 0.3 is 0 Å². The van der Waals surface area contributed by atoms with E-state index in [-0.39, 0.29) is 17.4 Å². The molecule has 0 bridgehead atoms. The van der Waals surface area contributed by atoms with E-state index in [4.69, 9.17) is 17.3 Å². The molecule has 0 unspecified atom stereocenters. The molecular formula is C15H16ClN3O. The number of aryl methyl sites for hydroxylation is 1. The molecule has 20 heavy (non-hydrogen) atoms. The van der Waals surface area contributed by atoms with E-state index in [0.717, 1.165) is 6.42 Å². The lowest BCUT2D eigenvalue weighted by Crippen LogP contribution is -2.27. The van der Waals surface area contributed by atoms with Crippen molar-refractivity contribution in [1.29, 1.82) is 0 Å². The molecule has 3 N–H and O–H groups in total. The maximum atomic E-state index is 12.0. The lowest BCUT2D eigenvalue weighted by Gasteiger charge is -2.07. The predicted molar refractivity (Wildman–Crippen MR) is 80.9 cm³/mol. The standard InChI is InChI=1S/C15H16ClN3O/c1-10-3-2-4-11(9-10)7-8-18-15(20)14-12(16)5-6-13(17)19-14/h2-6,9H,7-8H2,1H3,(H2,17,19)(H,18,20). The maximum Gasteiger partial charge on any atom is 0.271 e. The van der Waals surface area contributed by atoms with Crippen LogP contribution in [-0.2, 0) is 6.42 Å². The Labute approximate surface area is 123 Å².